The third kappa shape index (κ3) is 10.3. The maximum absolute atomic E-state index is 12.4. The molecule has 0 atom stereocenters. The maximum atomic E-state index is 12.4. The van der Waals surface area contributed by atoms with E-state index in [1.54, 1.807) is 0 Å². The van der Waals surface area contributed by atoms with Crippen molar-refractivity contribution in [2.45, 2.75) is 109 Å². The van der Waals surface area contributed by atoms with Crippen molar-refractivity contribution in [1.82, 2.24) is 0 Å². The van der Waals surface area contributed by atoms with E-state index in [0.29, 0.717) is 4.90 Å². The molecule has 0 fully saturated rings. The molecule has 0 bridgehead atoms. The van der Waals surface area contributed by atoms with Gasteiger partial charge in [0.1, 0.15) is 0 Å². The second kappa shape index (κ2) is 14.2. The predicted octanol–water partition coefficient (Wildman–Crippen LogP) is 7.10. The number of aryl methyl sites for hydroxylation is 2. The smallest absolute Gasteiger partial charge is 0.266 e. The lowest BCUT2D eigenvalue weighted by Gasteiger charge is -2.10. The van der Waals surface area contributed by atoms with Crippen molar-refractivity contribution < 1.29 is 12.6 Å². The summed E-state index contributed by atoms with van der Waals surface area (Å²) in [4.78, 5) is 0.333. The second-order valence-corrected chi connectivity index (χ2v) is 9.29. The summed E-state index contributed by atoms with van der Waals surface area (Å²) in [5.74, 6) is 0. The molecule has 3 nitrogen and oxygen atoms in total. The van der Waals surface area contributed by atoms with Crippen LogP contribution < -0.4 is 0 Å². The van der Waals surface area contributed by atoms with Crippen molar-refractivity contribution >= 4 is 10.1 Å². The molecule has 0 aliphatic rings. The standard InChI is InChI=1S/C23H40O3S/c1-4-5-6-7-8-9-10-11-12-13-14-15-16-20-26-27(24,25)23-21(2)18-17-19-22(23)3/h17-19H,4-16,20H2,1-3H3. The number of hydrogen-bond donors (Lipinski definition) is 0. The van der Waals surface area contributed by atoms with Crippen LogP contribution in [0.4, 0.5) is 0 Å². The zero-order chi connectivity index (χ0) is 20.0. The molecule has 27 heavy (non-hydrogen) atoms. The van der Waals surface area contributed by atoms with E-state index in [4.69, 9.17) is 4.18 Å². The number of rotatable bonds is 16. The molecule has 0 unspecified atom stereocenters. The fraction of sp³-hybridized carbons (Fsp3) is 0.739. The Balaban J connectivity index is 2.03. The molecule has 156 valence electrons. The minimum absolute atomic E-state index is 0.286. The van der Waals surface area contributed by atoms with Gasteiger partial charge in [-0.25, -0.2) is 0 Å². The van der Waals surface area contributed by atoms with Crippen LogP contribution in [0, 0.1) is 13.8 Å². The van der Waals surface area contributed by atoms with Gasteiger partial charge in [-0.3, -0.25) is 4.18 Å². The summed E-state index contributed by atoms with van der Waals surface area (Å²) in [5, 5.41) is 0. The van der Waals surface area contributed by atoms with Gasteiger partial charge in [0, 0.05) is 0 Å². The number of hydrogen-bond acceptors (Lipinski definition) is 3. The van der Waals surface area contributed by atoms with E-state index in [0.717, 1.165) is 24.0 Å². The lowest BCUT2D eigenvalue weighted by atomic mass is 10.0. The van der Waals surface area contributed by atoms with Gasteiger partial charge in [0.15, 0.2) is 0 Å². The first-order valence-electron chi connectivity index (χ1n) is 10.9. The van der Waals surface area contributed by atoms with Crippen LogP contribution >= 0.6 is 0 Å². The molecule has 0 N–H and O–H groups in total. The Hall–Kier alpha value is -0.870. The van der Waals surface area contributed by atoms with E-state index in [2.05, 4.69) is 6.92 Å². The topological polar surface area (TPSA) is 43.4 Å². The molecule has 0 saturated heterocycles. The van der Waals surface area contributed by atoms with E-state index in [1.165, 1.54) is 70.6 Å². The lowest BCUT2D eigenvalue weighted by molar-refractivity contribution is 0.305. The van der Waals surface area contributed by atoms with E-state index in [1.807, 2.05) is 32.0 Å². The molecule has 0 aliphatic carbocycles. The highest BCUT2D eigenvalue weighted by atomic mass is 32.2. The molecule has 0 heterocycles. The van der Waals surface area contributed by atoms with Crippen molar-refractivity contribution in [3.63, 3.8) is 0 Å². The Kier molecular flexibility index (Phi) is 12.7. The predicted molar refractivity (Wildman–Crippen MR) is 115 cm³/mol. The highest BCUT2D eigenvalue weighted by molar-refractivity contribution is 7.86. The Morgan fingerprint density at radius 2 is 1.11 bits per heavy atom. The second-order valence-electron chi connectivity index (χ2n) is 7.74. The summed E-state index contributed by atoms with van der Waals surface area (Å²) in [6.45, 7) is 6.17. The number of unbranched alkanes of at least 4 members (excludes halogenated alkanes) is 12. The fourth-order valence-electron chi connectivity index (χ4n) is 3.54. The minimum Gasteiger partial charge on any atom is -0.266 e. The first-order chi connectivity index (χ1) is 13.0. The van der Waals surface area contributed by atoms with Crippen molar-refractivity contribution in [3.05, 3.63) is 29.3 Å². The van der Waals surface area contributed by atoms with Crippen LogP contribution in [0.25, 0.3) is 0 Å². The average molecular weight is 397 g/mol. The third-order valence-electron chi connectivity index (χ3n) is 5.15. The van der Waals surface area contributed by atoms with Crippen molar-refractivity contribution in [3.8, 4) is 0 Å². The van der Waals surface area contributed by atoms with Gasteiger partial charge in [0.05, 0.1) is 11.5 Å². The minimum atomic E-state index is -3.64. The molecule has 1 rings (SSSR count). The monoisotopic (exact) mass is 396 g/mol. The van der Waals surface area contributed by atoms with E-state index < -0.39 is 10.1 Å². The van der Waals surface area contributed by atoms with Gasteiger partial charge in [-0.15, -0.1) is 0 Å². The first kappa shape index (κ1) is 24.2. The Morgan fingerprint density at radius 1 is 0.704 bits per heavy atom. The van der Waals surface area contributed by atoms with Crippen LogP contribution in [-0.2, 0) is 14.3 Å². The van der Waals surface area contributed by atoms with Crippen molar-refractivity contribution in [2.24, 2.45) is 0 Å². The first-order valence-corrected chi connectivity index (χ1v) is 12.4. The molecule has 1 aromatic carbocycles. The summed E-state index contributed by atoms with van der Waals surface area (Å²) in [6.07, 6.45) is 16.6. The summed E-state index contributed by atoms with van der Waals surface area (Å²) >= 11 is 0. The zero-order valence-corrected chi connectivity index (χ0v) is 18.6. The zero-order valence-electron chi connectivity index (χ0n) is 17.8. The van der Waals surface area contributed by atoms with Crippen molar-refractivity contribution in [1.29, 1.82) is 0 Å². The summed E-state index contributed by atoms with van der Waals surface area (Å²) in [6, 6.07) is 5.50. The van der Waals surface area contributed by atoms with Gasteiger partial charge in [0.2, 0.25) is 0 Å². The van der Waals surface area contributed by atoms with E-state index in [9.17, 15) is 8.42 Å². The molecule has 0 radical (unpaired) electrons. The molecule has 0 spiro atoms. The molecule has 1 aromatic rings. The highest BCUT2D eigenvalue weighted by Crippen LogP contribution is 2.22. The summed E-state index contributed by atoms with van der Waals surface area (Å²) in [7, 11) is -3.64. The summed E-state index contributed by atoms with van der Waals surface area (Å²) in [5.41, 5.74) is 1.50. The van der Waals surface area contributed by atoms with Gasteiger partial charge in [-0.1, -0.05) is 102 Å². The SMILES string of the molecule is CCCCCCCCCCCCCCCOS(=O)(=O)c1c(C)cccc1C. The molecule has 0 aromatic heterocycles. The van der Waals surface area contributed by atoms with Gasteiger partial charge in [-0.05, 0) is 31.4 Å². The fourth-order valence-corrected chi connectivity index (χ4v) is 4.92. The lowest BCUT2D eigenvalue weighted by Crippen LogP contribution is -2.10. The van der Waals surface area contributed by atoms with Gasteiger partial charge in [-0.2, -0.15) is 8.42 Å². The Labute approximate surface area is 168 Å². The quantitative estimate of drug-likeness (QED) is 0.221. The van der Waals surface area contributed by atoms with Crippen LogP contribution in [0.15, 0.2) is 23.1 Å². The largest absolute Gasteiger partial charge is 0.297 e. The number of benzene rings is 1. The molecular formula is C23H40O3S. The molecule has 4 heteroatoms. The molecule has 0 saturated carbocycles. The van der Waals surface area contributed by atoms with E-state index >= 15 is 0 Å². The van der Waals surface area contributed by atoms with Crippen molar-refractivity contribution in [2.75, 3.05) is 6.61 Å². The Bertz CT molecular complexity index is 588. The van der Waals surface area contributed by atoms with Crippen LogP contribution in [0.5, 0.6) is 0 Å². The molecule has 0 amide bonds. The third-order valence-corrected chi connectivity index (χ3v) is 6.77. The maximum Gasteiger partial charge on any atom is 0.297 e. The average Bonchev–Trinajstić information content (AvgIpc) is 2.61. The highest BCUT2D eigenvalue weighted by Gasteiger charge is 2.19. The molecular weight excluding hydrogens is 356 g/mol. The Morgan fingerprint density at radius 3 is 1.56 bits per heavy atom. The van der Waals surface area contributed by atoms with Gasteiger partial charge < -0.3 is 0 Å². The van der Waals surface area contributed by atoms with E-state index in [-0.39, 0.29) is 6.61 Å². The molecule has 0 aliphatic heterocycles. The summed E-state index contributed by atoms with van der Waals surface area (Å²) < 4.78 is 30.0. The van der Waals surface area contributed by atoms with Gasteiger partial charge >= 0.3 is 0 Å². The normalized spacial score (nSPS) is 11.8. The van der Waals surface area contributed by atoms with Crippen LogP contribution in [0.3, 0.4) is 0 Å². The van der Waals surface area contributed by atoms with Crippen LogP contribution in [-0.4, -0.2) is 15.0 Å². The van der Waals surface area contributed by atoms with Crippen LogP contribution in [0.1, 0.15) is 102 Å². The van der Waals surface area contributed by atoms with Gasteiger partial charge in [0.25, 0.3) is 10.1 Å². The van der Waals surface area contributed by atoms with Crippen LogP contribution in [0.2, 0.25) is 0 Å².